The summed E-state index contributed by atoms with van der Waals surface area (Å²) in [6, 6.07) is 7.75. The van der Waals surface area contributed by atoms with Crippen LogP contribution in [-0.4, -0.2) is 85.6 Å². The van der Waals surface area contributed by atoms with Gasteiger partial charge in [-0.3, -0.25) is 14.5 Å². The second-order valence-electron chi connectivity index (χ2n) is 7.36. The van der Waals surface area contributed by atoms with E-state index < -0.39 is 0 Å². The van der Waals surface area contributed by atoms with Crippen LogP contribution in [0.5, 0.6) is 5.75 Å². The van der Waals surface area contributed by atoms with Crippen molar-refractivity contribution in [2.24, 2.45) is 0 Å². The zero-order valence-electron chi connectivity index (χ0n) is 18.2. The SMILES string of the molecule is CCCN1CC(=O)N(Cc2ccc(OC)cc2)CC(OCC(=O)N(CC)CC)C1. The van der Waals surface area contributed by atoms with Gasteiger partial charge in [0, 0.05) is 32.7 Å². The molecule has 1 aromatic carbocycles. The van der Waals surface area contributed by atoms with E-state index in [9.17, 15) is 9.59 Å². The average Bonchev–Trinajstić information content (AvgIpc) is 2.86. The first-order valence-electron chi connectivity index (χ1n) is 10.5. The highest BCUT2D eigenvalue weighted by molar-refractivity contribution is 5.79. The van der Waals surface area contributed by atoms with Crippen molar-refractivity contribution in [3.05, 3.63) is 29.8 Å². The van der Waals surface area contributed by atoms with Crippen molar-refractivity contribution < 1.29 is 19.1 Å². The van der Waals surface area contributed by atoms with Crippen LogP contribution in [0.3, 0.4) is 0 Å². The fourth-order valence-electron chi connectivity index (χ4n) is 3.60. The minimum absolute atomic E-state index is 0.00526. The molecular weight excluding hydrogens is 370 g/mol. The molecule has 1 atom stereocenters. The molecule has 7 nitrogen and oxygen atoms in total. The summed E-state index contributed by atoms with van der Waals surface area (Å²) in [6.45, 7) is 10.3. The lowest BCUT2D eigenvalue weighted by Gasteiger charge is -2.26. The van der Waals surface area contributed by atoms with Crippen LogP contribution in [0.15, 0.2) is 24.3 Å². The van der Waals surface area contributed by atoms with Crippen molar-refractivity contribution in [1.82, 2.24) is 14.7 Å². The molecule has 7 heteroatoms. The minimum atomic E-state index is -0.189. The maximum Gasteiger partial charge on any atom is 0.248 e. The van der Waals surface area contributed by atoms with Gasteiger partial charge in [-0.15, -0.1) is 0 Å². The summed E-state index contributed by atoms with van der Waals surface area (Å²) in [5, 5.41) is 0. The van der Waals surface area contributed by atoms with E-state index in [1.165, 1.54) is 0 Å². The Kier molecular flexibility index (Phi) is 9.41. The molecule has 0 N–H and O–H groups in total. The molecule has 29 heavy (non-hydrogen) atoms. The molecule has 0 radical (unpaired) electrons. The number of benzene rings is 1. The van der Waals surface area contributed by atoms with E-state index in [0.717, 1.165) is 24.3 Å². The largest absolute Gasteiger partial charge is 0.497 e. The molecule has 0 saturated carbocycles. The molecule has 0 spiro atoms. The van der Waals surface area contributed by atoms with Gasteiger partial charge >= 0.3 is 0 Å². The highest BCUT2D eigenvalue weighted by atomic mass is 16.5. The zero-order chi connectivity index (χ0) is 21.2. The Bertz CT molecular complexity index is 646. The molecule has 0 aliphatic carbocycles. The van der Waals surface area contributed by atoms with Crippen LogP contribution in [-0.2, 0) is 20.9 Å². The van der Waals surface area contributed by atoms with E-state index in [2.05, 4.69) is 11.8 Å². The van der Waals surface area contributed by atoms with Crippen LogP contribution in [0.1, 0.15) is 32.8 Å². The molecule has 162 valence electrons. The Morgan fingerprint density at radius 1 is 1.14 bits per heavy atom. The number of hydrogen-bond acceptors (Lipinski definition) is 5. The minimum Gasteiger partial charge on any atom is -0.497 e. The first-order valence-corrected chi connectivity index (χ1v) is 10.5. The first-order chi connectivity index (χ1) is 14.0. The van der Waals surface area contributed by atoms with E-state index in [1.807, 2.05) is 43.0 Å². The molecule has 1 fully saturated rings. The normalized spacial score (nSPS) is 17.9. The summed E-state index contributed by atoms with van der Waals surface area (Å²) in [6.07, 6.45) is 0.780. The molecule has 1 saturated heterocycles. The van der Waals surface area contributed by atoms with Gasteiger partial charge in [0.25, 0.3) is 0 Å². The number of amides is 2. The van der Waals surface area contributed by atoms with Gasteiger partial charge in [0.15, 0.2) is 0 Å². The van der Waals surface area contributed by atoms with E-state index in [1.54, 1.807) is 12.0 Å². The Morgan fingerprint density at radius 3 is 2.41 bits per heavy atom. The van der Waals surface area contributed by atoms with E-state index in [0.29, 0.717) is 39.3 Å². The Morgan fingerprint density at radius 2 is 1.83 bits per heavy atom. The van der Waals surface area contributed by atoms with Gasteiger partial charge in [-0.2, -0.15) is 0 Å². The van der Waals surface area contributed by atoms with Crippen LogP contribution in [0.25, 0.3) is 0 Å². The lowest BCUT2D eigenvalue weighted by atomic mass is 10.2. The number of hydrogen-bond donors (Lipinski definition) is 0. The van der Waals surface area contributed by atoms with E-state index >= 15 is 0 Å². The van der Waals surface area contributed by atoms with Crippen LogP contribution < -0.4 is 4.74 Å². The van der Waals surface area contributed by atoms with Crippen molar-refractivity contribution in [2.45, 2.75) is 39.8 Å². The third-order valence-electron chi connectivity index (χ3n) is 5.23. The van der Waals surface area contributed by atoms with Crippen molar-refractivity contribution in [3.63, 3.8) is 0 Å². The summed E-state index contributed by atoms with van der Waals surface area (Å²) in [7, 11) is 1.64. The lowest BCUT2D eigenvalue weighted by molar-refractivity contribution is -0.138. The predicted molar refractivity (Wildman–Crippen MR) is 113 cm³/mol. The molecule has 0 aromatic heterocycles. The quantitative estimate of drug-likeness (QED) is 0.596. The molecule has 2 rings (SSSR count). The fraction of sp³-hybridized carbons (Fsp3) is 0.636. The number of carbonyl (C=O) groups is 2. The molecule has 0 bridgehead atoms. The number of carbonyl (C=O) groups excluding carboxylic acids is 2. The molecule has 1 aromatic rings. The standard InChI is InChI=1S/C22H35N3O4/c1-5-12-23-14-20(29-17-22(27)24(6-2)7-3)15-25(21(26)16-23)13-18-8-10-19(28-4)11-9-18/h8-11,20H,5-7,12-17H2,1-4H3. The van der Waals surface area contributed by atoms with Gasteiger partial charge < -0.3 is 19.3 Å². The summed E-state index contributed by atoms with van der Waals surface area (Å²) in [5.74, 6) is 0.881. The zero-order valence-corrected chi connectivity index (χ0v) is 18.2. The Labute approximate surface area is 174 Å². The average molecular weight is 406 g/mol. The van der Waals surface area contributed by atoms with Crippen molar-refractivity contribution >= 4 is 11.8 Å². The summed E-state index contributed by atoms with van der Waals surface area (Å²) in [5.41, 5.74) is 1.04. The predicted octanol–water partition coefficient (Wildman–Crippen LogP) is 2.00. The number of methoxy groups -OCH3 is 1. The maximum atomic E-state index is 12.8. The van der Waals surface area contributed by atoms with Gasteiger partial charge in [0.05, 0.1) is 19.8 Å². The number of ether oxygens (including phenoxy) is 2. The summed E-state index contributed by atoms with van der Waals surface area (Å²) in [4.78, 5) is 30.9. The highest BCUT2D eigenvalue weighted by Gasteiger charge is 2.28. The molecule has 1 heterocycles. The van der Waals surface area contributed by atoms with E-state index in [4.69, 9.17) is 9.47 Å². The van der Waals surface area contributed by atoms with Gasteiger partial charge in [-0.25, -0.2) is 0 Å². The van der Waals surface area contributed by atoms with E-state index in [-0.39, 0.29) is 24.5 Å². The highest BCUT2D eigenvalue weighted by Crippen LogP contribution is 2.16. The maximum absolute atomic E-state index is 12.8. The van der Waals surface area contributed by atoms with Gasteiger partial charge in [0.2, 0.25) is 11.8 Å². The monoisotopic (exact) mass is 405 g/mol. The number of likely N-dealkylation sites (N-methyl/N-ethyl adjacent to an activating group) is 1. The molecule has 2 amide bonds. The topological polar surface area (TPSA) is 62.3 Å². The number of rotatable bonds is 10. The van der Waals surface area contributed by atoms with Gasteiger partial charge in [-0.05, 0) is 44.5 Å². The third kappa shape index (κ3) is 7.01. The fourth-order valence-corrected chi connectivity index (χ4v) is 3.60. The lowest BCUT2D eigenvalue weighted by Crippen LogP contribution is -2.40. The third-order valence-corrected chi connectivity index (χ3v) is 5.23. The van der Waals surface area contributed by atoms with Crippen molar-refractivity contribution in [1.29, 1.82) is 0 Å². The number of nitrogens with zero attached hydrogens (tertiary/aromatic N) is 3. The van der Waals surface area contributed by atoms with Crippen LogP contribution in [0.4, 0.5) is 0 Å². The van der Waals surface area contributed by atoms with Gasteiger partial charge in [-0.1, -0.05) is 19.1 Å². The second kappa shape index (κ2) is 11.8. The molecule has 1 unspecified atom stereocenters. The summed E-state index contributed by atoms with van der Waals surface area (Å²) < 4.78 is 11.2. The Balaban J connectivity index is 2.06. The van der Waals surface area contributed by atoms with Crippen LogP contribution in [0.2, 0.25) is 0 Å². The van der Waals surface area contributed by atoms with Crippen LogP contribution in [0, 0.1) is 0 Å². The molecular formula is C22H35N3O4. The van der Waals surface area contributed by atoms with Gasteiger partial charge in [0.1, 0.15) is 12.4 Å². The summed E-state index contributed by atoms with van der Waals surface area (Å²) >= 11 is 0. The van der Waals surface area contributed by atoms with Crippen LogP contribution >= 0.6 is 0 Å². The van der Waals surface area contributed by atoms with Crippen molar-refractivity contribution in [2.75, 3.05) is 53.0 Å². The first kappa shape index (κ1) is 23.2. The van der Waals surface area contributed by atoms with Crippen molar-refractivity contribution in [3.8, 4) is 5.75 Å². The molecule has 1 aliphatic rings. The molecule has 1 aliphatic heterocycles. The smallest absolute Gasteiger partial charge is 0.248 e. The Hall–Kier alpha value is -2.12. The second-order valence-corrected chi connectivity index (χ2v) is 7.36.